The second-order valence-corrected chi connectivity index (χ2v) is 18.7. The van der Waals surface area contributed by atoms with Gasteiger partial charge in [-0.3, -0.25) is 0 Å². The third-order valence-electron chi connectivity index (χ3n) is 4.78. The average Bonchev–Trinajstić information content (AvgIpc) is 2.61. The second-order valence-electron chi connectivity index (χ2n) is 7.70. The molecule has 0 unspecified atom stereocenters. The summed E-state index contributed by atoms with van der Waals surface area (Å²) in [4.78, 5) is 0. The Labute approximate surface area is 189 Å². The van der Waals surface area contributed by atoms with Crippen LogP contribution < -0.4 is 0 Å². The fraction of sp³-hybridized carbons (Fsp3) is 1.00. The van der Waals surface area contributed by atoms with Gasteiger partial charge in [-0.2, -0.15) is 0 Å². The van der Waals surface area contributed by atoms with E-state index < -0.39 is 101 Å². The van der Waals surface area contributed by atoms with Gasteiger partial charge in [-0.25, -0.2) is 0 Å². The molecule has 0 aromatic heterocycles. The molecule has 0 N–H and O–H groups in total. The third kappa shape index (κ3) is 9.99. The van der Waals surface area contributed by atoms with E-state index in [9.17, 15) is 65.9 Å². The van der Waals surface area contributed by atoms with E-state index in [0.29, 0.717) is 0 Å². The van der Waals surface area contributed by atoms with Crippen molar-refractivity contribution < 1.29 is 68.9 Å². The Kier molecular flexibility index (Phi) is 11.7. The van der Waals surface area contributed by atoms with E-state index in [2.05, 4.69) is 3.07 Å². The Bertz CT molecular complexity index is 535. The summed E-state index contributed by atoms with van der Waals surface area (Å²) in [6.07, 6.45) is -32.4. The van der Waals surface area contributed by atoms with Crippen LogP contribution in [-0.4, -0.2) is 55.7 Å². The summed E-state index contributed by atoms with van der Waals surface area (Å²) in [6, 6.07) is 0. The Morgan fingerprint density at radius 2 is 0.765 bits per heavy atom. The summed E-state index contributed by atoms with van der Waals surface area (Å²) in [5, 5.41) is 0. The van der Waals surface area contributed by atoms with Gasteiger partial charge < -0.3 is 0 Å². The van der Waals surface area contributed by atoms with Gasteiger partial charge in [-0.05, 0) is 0 Å². The maximum absolute atomic E-state index is 15.0. The molecule has 0 bridgehead atoms. The summed E-state index contributed by atoms with van der Waals surface area (Å²) in [7, 11) is 0. The van der Waals surface area contributed by atoms with Crippen molar-refractivity contribution in [2.24, 2.45) is 0 Å². The molecule has 0 amide bonds. The number of hydrogen-bond acceptors (Lipinski definition) is 1. The summed E-state index contributed by atoms with van der Waals surface area (Å²) in [5.41, 5.74) is 0. The number of rotatable bonds is 14. The molecular weight excluding hydrogens is 624 g/mol. The van der Waals surface area contributed by atoms with Crippen LogP contribution in [0.15, 0.2) is 0 Å². The van der Waals surface area contributed by atoms with Crippen LogP contribution in [0.25, 0.3) is 0 Å². The number of halogens is 15. The number of hydrogen-bond donors (Lipinski definition) is 0. The van der Waals surface area contributed by atoms with Gasteiger partial charge in [0, 0.05) is 0 Å². The zero-order valence-corrected chi connectivity index (χ0v) is 20.5. The van der Waals surface area contributed by atoms with Gasteiger partial charge in [0.15, 0.2) is 0 Å². The van der Waals surface area contributed by atoms with Gasteiger partial charge in [0.05, 0.1) is 0 Å². The first-order valence-corrected chi connectivity index (χ1v) is 15.4. The first-order valence-electron chi connectivity index (χ1n) is 9.91. The van der Waals surface area contributed by atoms with Crippen LogP contribution in [0, 0.1) is 0 Å². The molecule has 0 aromatic carbocycles. The standard InChI is InChI=1S/C5H11O.3C4H4F5.Sn/c1-2-3-4-5-6;3*5-3(6)1-2-4(7,8)9;/h2-5H2,1H3;3*1-2H2;/q-1;;;;+1. The summed E-state index contributed by atoms with van der Waals surface area (Å²) in [6.45, 7) is 0.180. The van der Waals surface area contributed by atoms with Gasteiger partial charge in [-0.1, -0.05) is 0 Å². The predicted octanol–water partition coefficient (Wildman–Crippen LogP) is 8.69. The quantitative estimate of drug-likeness (QED) is 0.104. The number of unbranched alkanes of at least 4 members (excludes halogenated alkanes) is 2. The van der Waals surface area contributed by atoms with Crippen LogP contribution in [0.3, 0.4) is 0 Å². The van der Waals surface area contributed by atoms with Crippen molar-refractivity contribution in [3.05, 3.63) is 0 Å². The topological polar surface area (TPSA) is 9.23 Å². The van der Waals surface area contributed by atoms with E-state index in [1.165, 1.54) is 6.92 Å². The first-order chi connectivity index (χ1) is 14.9. The van der Waals surface area contributed by atoms with Crippen molar-refractivity contribution in [2.75, 3.05) is 6.61 Å². The summed E-state index contributed by atoms with van der Waals surface area (Å²) >= 11 is -8.91. The van der Waals surface area contributed by atoms with E-state index in [4.69, 9.17) is 0 Å². The molecule has 0 radical (unpaired) electrons. The zero-order valence-electron chi connectivity index (χ0n) is 17.6. The minimum absolute atomic E-state index is 0.0122. The molecule has 1 nitrogen and oxygen atoms in total. The molecule has 0 aliphatic carbocycles. The molecule has 0 saturated heterocycles. The van der Waals surface area contributed by atoms with Gasteiger partial charge in [0.25, 0.3) is 0 Å². The monoisotopic (exact) mass is 648 g/mol. The maximum atomic E-state index is 15.0. The van der Waals surface area contributed by atoms with Crippen molar-refractivity contribution in [3.63, 3.8) is 0 Å². The molecule has 206 valence electrons. The molecule has 0 heterocycles. The Hall–Kier alpha value is -0.291. The molecule has 0 aliphatic heterocycles. The van der Waals surface area contributed by atoms with Gasteiger partial charge in [0.2, 0.25) is 0 Å². The SMILES string of the molecule is CCCCC[O][Sn]([C](F)(F)CCC(F)(F)F)([C](F)(F)CCC(F)(F)F)[C](F)(F)CCC(F)(F)F. The molecule has 0 saturated carbocycles. The van der Waals surface area contributed by atoms with Gasteiger partial charge in [-0.15, -0.1) is 0 Å². The first kappa shape index (κ1) is 33.7. The molecule has 34 heavy (non-hydrogen) atoms. The molecular formula is C17H23F15OSn. The molecule has 0 aliphatic rings. The van der Waals surface area contributed by atoms with E-state index in [0.717, 1.165) is 0 Å². The van der Waals surface area contributed by atoms with Crippen LogP contribution in [0.2, 0.25) is 0 Å². The summed E-state index contributed by atoms with van der Waals surface area (Å²) < 4.78 is 190. The van der Waals surface area contributed by atoms with Crippen LogP contribution >= 0.6 is 0 Å². The van der Waals surface area contributed by atoms with Crippen molar-refractivity contribution in [3.8, 4) is 0 Å². The third-order valence-corrected chi connectivity index (χ3v) is 17.6. The fourth-order valence-electron chi connectivity index (χ4n) is 3.12. The minimum atomic E-state index is -8.91. The Balaban J connectivity index is 6.75. The zero-order chi connectivity index (χ0) is 27.3. The molecule has 0 rings (SSSR count). The van der Waals surface area contributed by atoms with Crippen molar-refractivity contribution in [1.29, 1.82) is 0 Å². The summed E-state index contributed by atoms with van der Waals surface area (Å²) in [5.74, 6) is 0. The van der Waals surface area contributed by atoms with E-state index in [1.54, 1.807) is 0 Å². The normalized spacial score (nSPS) is 15.2. The van der Waals surface area contributed by atoms with Crippen LogP contribution in [-0.2, 0) is 3.07 Å². The van der Waals surface area contributed by atoms with E-state index in [1.807, 2.05) is 0 Å². The van der Waals surface area contributed by atoms with Crippen LogP contribution in [0.1, 0.15) is 64.7 Å². The molecule has 17 heteroatoms. The molecule has 0 fully saturated rings. The second kappa shape index (κ2) is 11.8. The van der Waals surface area contributed by atoms with Crippen molar-refractivity contribution >= 4 is 18.8 Å². The van der Waals surface area contributed by atoms with Crippen LogP contribution in [0.5, 0.6) is 0 Å². The number of alkyl halides is 15. The van der Waals surface area contributed by atoms with Crippen molar-refractivity contribution in [1.82, 2.24) is 0 Å². The Morgan fingerprint density at radius 3 is 1.00 bits per heavy atom. The Morgan fingerprint density at radius 1 is 0.471 bits per heavy atom. The van der Waals surface area contributed by atoms with Gasteiger partial charge >= 0.3 is 189 Å². The molecule has 0 spiro atoms. The molecule has 0 atom stereocenters. The average molecular weight is 647 g/mol. The van der Waals surface area contributed by atoms with E-state index in [-0.39, 0.29) is 12.8 Å². The van der Waals surface area contributed by atoms with Crippen LogP contribution in [0.4, 0.5) is 65.9 Å². The molecule has 0 aromatic rings. The van der Waals surface area contributed by atoms with Crippen molar-refractivity contribution in [2.45, 2.75) is 95.1 Å². The van der Waals surface area contributed by atoms with E-state index >= 15 is 0 Å². The fourth-order valence-corrected chi connectivity index (χ4v) is 14.9. The van der Waals surface area contributed by atoms with Gasteiger partial charge in [0.1, 0.15) is 0 Å². The predicted molar refractivity (Wildman–Crippen MR) is 91.9 cm³/mol.